The molecule has 1 heterocycles. The lowest BCUT2D eigenvalue weighted by atomic mass is 9.89. The summed E-state index contributed by atoms with van der Waals surface area (Å²) in [5.74, 6) is 0.396. The van der Waals surface area contributed by atoms with Gasteiger partial charge in [-0.1, -0.05) is 19.3 Å². The lowest BCUT2D eigenvalue weighted by Gasteiger charge is -2.21. The van der Waals surface area contributed by atoms with Crippen molar-refractivity contribution >= 4 is 21.7 Å². The summed E-state index contributed by atoms with van der Waals surface area (Å²) in [6.07, 6.45) is 6.45. The van der Waals surface area contributed by atoms with E-state index in [1.54, 1.807) is 20.8 Å². The summed E-state index contributed by atoms with van der Waals surface area (Å²) in [5.41, 5.74) is -0.563. The fourth-order valence-electron chi connectivity index (χ4n) is 2.67. The van der Waals surface area contributed by atoms with Crippen LogP contribution in [0.5, 0.6) is 0 Å². The van der Waals surface area contributed by atoms with E-state index in [0.717, 1.165) is 25.7 Å². The molecule has 2 N–H and O–H groups in total. The minimum absolute atomic E-state index is 0.0272. The van der Waals surface area contributed by atoms with Crippen molar-refractivity contribution in [2.45, 2.75) is 63.3 Å². The topological polar surface area (TPSA) is 88.2 Å². The Kier molecular flexibility index (Phi) is 5.41. The Bertz CT molecular complexity index is 642. The zero-order valence-electron chi connectivity index (χ0n) is 13.9. The number of sulfonamides is 1. The molecule has 0 bridgehead atoms. The zero-order chi connectivity index (χ0) is 17.1. The van der Waals surface area contributed by atoms with Crippen molar-refractivity contribution in [3.63, 3.8) is 0 Å². The smallest absolute Gasteiger partial charge is 0.242 e. The van der Waals surface area contributed by atoms with Crippen molar-refractivity contribution in [3.8, 4) is 0 Å². The van der Waals surface area contributed by atoms with Crippen LogP contribution in [0.15, 0.2) is 23.2 Å². The average Bonchev–Trinajstić information content (AvgIpc) is 2.46. The van der Waals surface area contributed by atoms with Crippen molar-refractivity contribution < 1.29 is 13.2 Å². The van der Waals surface area contributed by atoms with Crippen molar-refractivity contribution in [1.29, 1.82) is 0 Å². The summed E-state index contributed by atoms with van der Waals surface area (Å²) < 4.78 is 26.9. The number of nitrogens with zero attached hydrogens (tertiary/aromatic N) is 1. The number of aromatic nitrogens is 1. The van der Waals surface area contributed by atoms with Crippen molar-refractivity contribution in [2.24, 2.45) is 5.92 Å². The van der Waals surface area contributed by atoms with Gasteiger partial charge in [0.1, 0.15) is 10.7 Å². The first-order valence-electron chi connectivity index (χ1n) is 7.98. The molecule has 0 aliphatic heterocycles. The molecule has 128 valence electrons. The predicted octanol–water partition coefficient (Wildman–Crippen LogP) is 2.68. The summed E-state index contributed by atoms with van der Waals surface area (Å²) >= 11 is 0. The van der Waals surface area contributed by atoms with Crippen molar-refractivity contribution in [1.82, 2.24) is 9.71 Å². The molecule has 1 aliphatic rings. The first-order chi connectivity index (χ1) is 10.7. The van der Waals surface area contributed by atoms with E-state index in [0.29, 0.717) is 5.82 Å². The molecule has 0 atom stereocenters. The van der Waals surface area contributed by atoms with Gasteiger partial charge in [0, 0.05) is 17.7 Å². The highest BCUT2D eigenvalue weighted by atomic mass is 32.2. The Morgan fingerprint density at radius 3 is 2.35 bits per heavy atom. The Labute approximate surface area is 138 Å². The molecule has 1 aromatic rings. The third kappa shape index (κ3) is 5.28. The van der Waals surface area contributed by atoms with Crippen LogP contribution < -0.4 is 10.0 Å². The summed E-state index contributed by atoms with van der Waals surface area (Å²) in [6.45, 7) is 5.32. The van der Waals surface area contributed by atoms with E-state index in [-0.39, 0.29) is 16.7 Å². The van der Waals surface area contributed by atoms with E-state index in [2.05, 4.69) is 15.0 Å². The van der Waals surface area contributed by atoms with Crippen LogP contribution in [-0.4, -0.2) is 24.8 Å². The molecule has 0 unspecified atom stereocenters. The number of carbonyl (C=O) groups excluding carboxylic acids is 1. The molecule has 2 rings (SSSR count). The summed E-state index contributed by atoms with van der Waals surface area (Å²) in [4.78, 5) is 16.3. The average molecular weight is 339 g/mol. The Morgan fingerprint density at radius 2 is 1.83 bits per heavy atom. The number of hydrogen-bond donors (Lipinski definition) is 2. The summed E-state index contributed by atoms with van der Waals surface area (Å²) in [7, 11) is -3.61. The first kappa shape index (κ1) is 17.9. The van der Waals surface area contributed by atoms with Gasteiger partial charge in [-0.25, -0.2) is 18.1 Å². The third-order valence-corrected chi connectivity index (χ3v) is 5.46. The van der Waals surface area contributed by atoms with Crippen LogP contribution in [0, 0.1) is 5.92 Å². The number of rotatable bonds is 4. The van der Waals surface area contributed by atoms with E-state index in [9.17, 15) is 13.2 Å². The minimum atomic E-state index is -3.61. The van der Waals surface area contributed by atoms with Gasteiger partial charge >= 0.3 is 0 Å². The lowest BCUT2D eigenvalue weighted by Crippen LogP contribution is -2.40. The molecule has 1 amide bonds. The molecule has 6 nitrogen and oxygen atoms in total. The fourth-order valence-corrected chi connectivity index (χ4v) is 4.03. The Morgan fingerprint density at radius 1 is 1.17 bits per heavy atom. The van der Waals surface area contributed by atoms with Crippen LogP contribution in [0.1, 0.15) is 52.9 Å². The normalized spacial score (nSPS) is 17.0. The second-order valence-corrected chi connectivity index (χ2v) is 8.74. The van der Waals surface area contributed by atoms with Crippen LogP contribution in [-0.2, 0) is 14.8 Å². The van der Waals surface area contributed by atoms with Crippen LogP contribution in [0.25, 0.3) is 0 Å². The molecule has 1 saturated carbocycles. The van der Waals surface area contributed by atoms with E-state index in [1.165, 1.54) is 24.8 Å². The highest BCUT2D eigenvalue weighted by Gasteiger charge is 2.23. The SMILES string of the molecule is CC(C)(C)NS(=O)(=O)c1ccc(NC(=O)C2CCCCC2)nc1. The number of pyridine rings is 1. The molecule has 0 radical (unpaired) electrons. The molecular weight excluding hydrogens is 314 g/mol. The molecular formula is C16H25N3O3S. The van der Waals surface area contributed by atoms with Gasteiger partial charge in [-0.05, 0) is 45.7 Å². The summed E-state index contributed by atoms with van der Waals surface area (Å²) in [6, 6.07) is 2.98. The first-order valence-corrected chi connectivity index (χ1v) is 9.47. The number of hydrogen-bond acceptors (Lipinski definition) is 4. The van der Waals surface area contributed by atoms with Gasteiger partial charge in [0.25, 0.3) is 0 Å². The second-order valence-electron chi connectivity index (χ2n) is 7.06. The monoisotopic (exact) mass is 339 g/mol. The van der Waals surface area contributed by atoms with E-state index in [4.69, 9.17) is 0 Å². The van der Waals surface area contributed by atoms with Crippen LogP contribution in [0.3, 0.4) is 0 Å². The molecule has 0 spiro atoms. The molecule has 1 aliphatic carbocycles. The van der Waals surface area contributed by atoms with Gasteiger partial charge in [-0.2, -0.15) is 0 Å². The van der Waals surface area contributed by atoms with Crippen LogP contribution in [0.4, 0.5) is 5.82 Å². The third-order valence-electron chi connectivity index (χ3n) is 3.71. The van der Waals surface area contributed by atoms with Crippen molar-refractivity contribution in [3.05, 3.63) is 18.3 Å². The van der Waals surface area contributed by atoms with Gasteiger partial charge in [-0.3, -0.25) is 4.79 Å². The van der Waals surface area contributed by atoms with E-state index < -0.39 is 15.6 Å². The minimum Gasteiger partial charge on any atom is -0.310 e. The van der Waals surface area contributed by atoms with Crippen LogP contribution >= 0.6 is 0 Å². The number of carbonyl (C=O) groups is 1. The van der Waals surface area contributed by atoms with Crippen LogP contribution in [0.2, 0.25) is 0 Å². The Balaban J connectivity index is 2.03. The maximum atomic E-state index is 12.2. The quantitative estimate of drug-likeness (QED) is 0.883. The highest BCUT2D eigenvalue weighted by molar-refractivity contribution is 7.89. The zero-order valence-corrected chi connectivity index (χ0v) is 14.7. The molecule has 0 saturated heterocycles. The maximum absolute atomic E-state index is 12.2. The van der Waals surface area contributed by atoms with Crippen molar-refractivity contribution in [2.75, 3.05) is 5.32 Å². The maximum Gasteiger partial charge on any atom is 0.242 e. The number of anilines is 1. The van der Waals surface area contributed by atoms with Gasteiger partial charge in [0.05, 0.1) is 0 Å². The molecule has 23 heavy (non-hydrogen) atoms. The molecule has 1 fully saturated rings. The van der Waals surface area contributed by atoms with Gasteiger partial charge < -0.3 is 5.32 Å². The van der Waals surface area contributed by atoms with Gasteiger partial charge in [-0.15, -0.1) is 0 Å². The van der Waals surface area contributed by atoms with E-state index in [1.807, 2.05) is 0 Å². The molecule has 7 heteroatoms. The largest absolute Gasteiger partial charge is 0.310 e. The highest BCUT2D eigenvalue weighted by Crippen LogP contribution is 2.24. The number of nitrogens with one attached hydrogen (secondary N) is 2. The van der Waals surface area contributed by atoms with Gasteiger partial charge in [0.2, 0.25) is 15.9 Å². The van der Waals surface area contributed by atoms with E-state index >= 15 is 0 Å². The Hall–Kier alpha value is -1.47. The molecule has 0 aromatic carbocycles. The summed E-state index contributed by atoms with van der Waals surface area (Å²) in [5, 5.41) is 2.77. The molecule has 1 aromatic heterocycles. The standard InChI is InChI=1S/C16H25N3O3S/c1-16(2,3)19-23(21,22)13-9-10-14(17-11-13)18-15(20)12-7-5-4-6-8-12/h9-12,19H,4-8H2,1-3H3,(H,17,18,20). The van der Waals surface area contributed by atoms with Gasteiger partial charge in [0.15, 0.2) is 0 Å². The fraction of sp³-hybridized carbons (Fsp3) is 0.625. The lowest BCUT2D eigenvalue weighted by molar-refractivity contribution is -0.120. The number of amides is 1. The second kappa shape index (κ2) is 6.97. The predicted molar refractivity (Wildman–Crippen MR) is 89.5 cm³/mol.